The molecular formula is C9H10N4. The highest BCUT2D eigenvalue weighted by molar-refractivity contribution is 5.77. The normalized spacial score (nSPS) is 16.7. The van der Waals surface area contributed by atoms with Crippen LogP contribution in [0.1, 0.15) is 24.5 Å². The second-order valence-corrected chi connectivity index (χ2v) is 3.54. The van der Waals surface area contributed by atoms with Gasteiger partial charge in [0.1, 0.15) is 6.33 Å². The van der Waals surface area contributed by atoms with Gasteiger partial charge in [0.25, 0.3) is 0 Å². The number of aromatic nitrogens is 4. The first kappa shape index (κ1) is 7.00. The minimum absolute atomic E-state index is 0.662. The minimum Gasteiger partial charge on any atom is -0.250 e. The average Bonchev–Trinajstić information content (AvgIpc) is 2.92. The van der Waals surface area contributed by atoms with Crippen molar-refractivity contribution in [3.05, 3.63) is 18.2 Å². The molecule has 0 spiro atoms. The van der Waals surface area contributed by atoms with E-state index in [9.17, 15) is 0 Å². The van der Waals surface area contributed by atoms with Crippen molar-refractivity contribution in [2.75, 3.05) is 0 Å². The maximum Gasteiger partial charge on any atom is 0.161 e. The van der Waals surface area contributed by atoms with Crippen LogP contribution in [0.25, 0.3) is 11.0 Å². The molecule has 0 aromatic carbocycles. The van der Waals surface area contributed by atoms with Gasteiger partial charge in [-0.05, 0) is 12.8 Å². The van der Waals surface area contributed by atoms with E-state index in [4.69, 9.17) is 0 Å². The van der Waals surface area contributed by atoms with Gasteiger partial charge in [0.15, 0.2) is 5.65 Å². The Morgan fingerprint density at radius 3 is 3.00 bits per heavy atom. The van der Waals surface area contributed by atoms with E-state index in [1.54, 1.807) is 11.0 Å². The van der Waals surface area contributed by atoms with Gasteiger partial charge in [-0.25, -0.2) is 9.97 Å². The second-order valence-electron chi connectivity index (χ2n) is 3.54. The largest absolute Gasteiger partial charge is 0.250 e. The van der Waals surface area contributed by atoms with Gasteiger partial charge < -0.3 is 0 Å². The van der Waals surface area contributed by atoms with Crippen molar-refractivity contribution in [1.82, 2.24) is 19.7 Å². The Labute approximate surface area is 75.6 Å². The zero-order valence-corrected chi connectivity index (χ0v) is 7.44. The average molecular weight is 174 g/mol. The predicted octanol–water partition coefficient (Wildman–Crippen LogP) is 1.24. The molecular weight excluding hydrogens is 164 g/mol. The lowest BCUT2D eigenvalue weighted by Gasteiger charge is -1.97. The number of rotatable bonds is 1. The Morgan fingerprint density at radius 1 is 1.38 bits per heavy atom. The lowest BCUT2D eigenvalue weighted by atomic mass is 10.2. The van der Waals surface area contributed by atoms with Crippen LogP contribution in [0.3, 0.4) is 0 Å². The summed E-state index contributed by atoms with van der Waals surface area (Å²) in [5.74, 6) is 0.662. The Kier molecular flexibility index (Phi) is 1.23. The molecule has 3 rings (SSSR count). The first-order chi connectivity index (χ1) is 6.36. The van der Waals surface area contributed by atoms with Gasteiger partial charge in [0, 0.05) is 13.0 Å². The van der Waals surface area contributed by atoms with E-state index in [1.165, 1.54) is 18.5 Å². The fourth-order valence-electron chi connectivity index (χ4n) is 1.66. The summed E-state index contributed by atoms with van der Waals surface area (Å²) >= 11 is 0. The number of nitrogens with zero attached hydrogens (tertiary/aromatic N) is 4. The highest BCUT2D eigenvalue weighted by Crippen LogP contribution is 2.41. The number of hydrogen-bond acceptors (Lipinski definition) is 3. The summed E-state index contributed by atoms with van der Waals surface area (Å²) in [6.07, 6.45) is 6.03. The van der Waals surface area contributed by atoms with Crippen molar-refractivity contribution in [2.45, 2.75) is 18.8 Å². The standard InChI is InChI=1S/C9H10N4/c1-13-9-7(4-12-13)8(6-2-3-6)10-5-11-9/h4-6H,2-3H2,1H3. The van der Waals surface area contributed by atoms with E-state index in [0.29, 0.717) is 5.92 Å². The van der Waals surface area contributed by atoms with Gasteiger partial charge in [-0.3, -0.25) is 4.68 Å². The number of aryl methyl sites for hydroxylation is 1. The molecule has 13 heavy (non-hydrogen) atoms. The maximum atomic E-state index is 4.32. The zero-order valence-electron chi connectivity index (χ0n) is 7.44. The molecule has 0 atom stereocenters. The Hall–Kier alpha value is -1.45. The molecule has 0 unspecified atom stereocenters. The maximum absolute atomic E-state index is 4.32. The van der Waals surface area contributed by atoms with E-state index in [1.807, 2.05) is 13.2 Å². The SMILES string of the molecule is Cn1ncc2c(C3CC3)ncnc21. The van der Waals surface area contributed by atoms with Crippen molar-refractivity contribution >= 4 is 11.0 Å². The molecule has 0 amide bonds. The van der Waals surface area contributed by atoms with Crippen molar-refractivity contribution in [3.8, 4) is 0 Å². The van der Waals surface area contributed by atoms with E-state index in [2.05, 4.69) is 15.1 Å². The summed E-state index contributed by atoms with van der Waals surface area (Å²) < 4.78 is 1.79. The van der Waals surface area contributed by atoms with Gasteiger partial charge >= 0.3 is 0 Å². The number of fused-ring (bicyclic) bond motifs is 1. The molecule has 0 aliphatic heterocycles. The third-order valence-electron chi connectivity index (χ3n) is 2.52. The van der Waals surface area contributed by atoms with Crippen LogP contribution >= 0.6 is 0 Å². The molecule has 2 heterocycles. The molecule has 1 fully saturated rings. The molecule has 66 valence electrons. The van der Waals surface area contributed by atoms with E-state index < -0.39 is 0 Å². The molecule has 0 saturated heterocycles. The highest BCUT2D eigenvalue weighted by Gasteiger charge is 2.27. The highest BCUT2D eigenvalue weighted by atomic mass is 15.3. The van der Waals surface area contributed by atoms with Gasteiger partial charge in [-0.15, -0.1) is 0 Å². The van der Waals surface area contributed by atoms with Crippen LogP contribution in [-0.2, 0) is 7.05 Å². The summed E-state index contributed by atoms with van der Waals surface area (Å²) in [5.41, 5.74) is 2.12. The molecule has 4 heteroatoms. The van der Waals surface area contributed by atoms with E-state index in [0.717, 1.165) is 11.0 Å². The Bertz CT molecular complexity index is 456. The summed E-state index contributed by atoms with van der Waals surface area (Å²) in [4.78, 5) is 8.52. The van der Waals surface area contributed by atoms with Crippen LogP contribution in [-0.4, -0.2) is 19.7 Å². The predicted molar refractivity (Wildman–Crippen MR) is 48.3 cm³/mol. The van der Waals surface area contributed by atoms with E-state index >= 15 is 0 Å². The first-order valence-corrected chi connectivity index (χ1v) is 4.49. The van der Waals surface area contributed by atoms with Crippen molar-refractivity contribution in [1.29, 1.82) is 0 Å². The van der Waals surface area contributed by atoms with E-state index in [-0.39, 0.29) is 0 Å². The lowest BCUT2D eigenvalue weighted by Crippen LogP contribution is -1.94. The Morgan fingerprint density at radius 2 is 2.23 bits per heavy atom. The van der Waals surface area contributed by atoms with Crippen LogP contribution < -0.4 is 0 Å². The minimum atomic E-state index is 0.662. The molecule has 0 N–H and O–H groups in total. The molecule has 1 saturated carbocycles. The van der Waals surface area contributed by atoms with Gasteiger partial charge in [-0.1, -0.05) is 0 Å². The Balaban J connectivity index is 2.33. The van der Waals surface area contributed by atoms with Crippen LogP contribution in [0.15, 0.2) is 12.5 Å². The first-order valence-electron chi connectivity index (χ1n) is 4.49. The summed E-state index contributed by atoms with van der Waals surface area (Å²) in [6, 6.07) is 0. The third-order valence-corrected chi connectivity index (χ3v) is 2.52. The zero-order chi connectivity index (χ0) is 8.84. The quantitative estimate of drug-likeness (QED) is 0.653. The van der Waals surface area contributed by atoms with Crippen LogP contribution in [0.4, 0.5) is 0 Å². The summed E-state index contributed by atoms with van der Waals surface area (Å²) in [7, 11) is 1.91. The smallest absolute Gasteiger partial charge is 0.161 e. The van der Waals surface area contributed by atoms with Gasteiger partial charge in [0.2, 0.25) is 0 Å². The molecule has 1 aliphatic carbocycles. The number of hydrogen-bond donors (Lipinski definition) is 0. The lowest BCUT2D eigenvalue weighted by molar-refractivity contribution is 0.785. The molecule has 2 aromatic rings. The molecule has 0 bridgehead atoms. The van der Waals surface area contributed by atoms with Crippen LogP contribution in [0.2, 0.25) is 0 Å². The molecule has 1 aliphatic rings. The molecule has 4 nitrogen and oxygen atoms in total. The summed E-state index contributed by atoms with van der Waals surface area (Å²) in [6.45, 7) is 0. The monoisotopic (exact) mass is 174 g/mol. The van der Waals surface area contributed by atoms with Gasteiger partial charge in [0.05, 0.1) is 17.3 Å². The fourth-order valence-corrected chi connectivity index (χ4v) is 1.66. The topological polar surface area (TPSA) is 43.6 Å². The second kappa shape index (κ2) is 2.28. The van der Waals surface area contributed by atoms with Crippen molar-refractivity contribution in [3.63, 3.8) is 0 Å². The van der Waals surface area contributed by atoms with Crippen molar-refractivity contribution in [2.24, 2.45) is 7.05 Å². The van der Waals surface area contributed by atoms with Crippen molar-refractivity contribution < 1.29 is 0 Å². The van der Waals surface area contributed by atoms with Gasteiger partial charge in [-0.2, -0.15) is 5.10 Å². The molecule has 0 radical (unpaired) electrons. The molecule has 2 aromatic heterocycles. The van der Waals surface area contributed by atoms with Crippen LogP contribution in [0, 0.1) is 0 Å². The third kappa shape index (κ3) is 0.946. The summed E-state index contributed by atoms with van der Waals surface area (Å²) in [5, 5.41) is 5.30. The fraction of sp³-hybridized carbons (Fsp3) is 0.444. The van der Waals surface area contributed by atoms with Crippen LogP contribution in [0.5, 0.6) is 0 Å².